The van der Waals surface area contributed by atoms with Gasteiger partial charge in [-0.2, -0.15) is 0 Å². The SMILES string of the molecule is CC(C)(c1ccnc(-c2[c-]ccc3c2oc2c(-c4ccccc4-c4ccccc4)cccc23)c1)C1CCCC1.CC(C)Cc1cc(-c2[c-]cccc2)ncc1[Si](C)(C)C.[Ir]. The van der Waals surface area contributed by atoms with E-state index in [9.17, 15) is 0 Å². The zero-order valence-corrected chi connectivity index (χ0v) is 39.5. The van der Waals surface area contributed by atoms with Gasteiger partial charge in [0.1, 0.15) is 5.58 Å². The van der Waals surface area contributed by atoms with Gasteiger partial charge >= 0.3 is 0 Å². The van der Waals surface area contributed by atoms with Crippen molar-refractivity contribution in [3.8, 4) is 44.8 Å². The van der Waals surface area contributed by atoms with E-state index in [-0.39, 0.29) is 25.5 Å². The van der Waals surface area contributed by atoms with Crippen molar-refractivity contribution in [2.24, 2.45) is 11.8 Å². The maximum absolute atomic E-state index is 6.77. The van der Waals surface area contributed by atoms with Gasteiger partial charge in [-0.05, 0) is 81.4 Å². The molecular formula is C55H56IrN2OSi-2. The molecule has 0 amide bonds. The number of benzene rings is 5. The number of nitrogens with zero attached hydrogens (tertiary/aromatic N) is 2. The molecule has 3 heterocycles. The Morgan fingerprint density at radius 2 is 1.40 bits per heavy atom. The first-order valence-corrected chi connectivity index (χ1v) is 24.9. The second kappa shape index (κ2) is 18.4. The van der Waals surface area contributed by atoms with Crippen LogP contribution in [0.15, 0.2) is 144 Å². The van der Waals surface area contributed by atoms with Crippen molar-refractivity contribution in [3.63, 3.8) is 0 Å². The van der Waals surface area contributed by atoms with Crippen molar-refractivity contribution >= 4 is 35.2 Å². The molecule has 8 aromatic rings. The number of hydrogen-bond acceptors (Lipinski definition) is 3. The van der Waals surface area contributed by atoms with E-state index in [1.807, 2.05) is 30.5 Å². The Morgan fingerprint density at radius 1 is 0.700 bits per heavy atom. The first kappa shape index (κ1) is 43.2. The fraction of sp³-hybridized carbons (Fsp3) is 0.273. The van der Waals surface area contributed by atoms with Crippen molar-refractivity contribution in [1.29, 1.82) is 0 Å². The minimum absolute atomic E-state index is 0. The standard InChI is InChI=1S/C37H32NO.C18H24NSi.Ir/c1-37(2,26-14-6-7-15-26)27-22-23-38-34(24-27)33-21-11-20-32-31-19-10-18-30(35(31)39-36(32)33)29-17-9-8-16-28(29)25-12-4-3-5-13-25;1-14(2)11-16-12-17(15-9-7-6-8-10-15)19-13-18(16)20(3,4)5;/h3-5,8-13,16-20,22-24,26H,6-7,14-15H2,1-2H3;6-9,12-14H,11H2,1-5H3;/q2*-1;. The number of furan rings is 1. The minimum Gasteiger partial charge on any atom is -0.500 e. The first-order chi connectivity index (χ1) is 28.5. The van der Waals surface area contributed by atoms with Crippen LogP contribution in [0.5, 0.6) is 0 Å². The molecule has 0 N–H and O–H groups in total. The number of rotatable bonds is 9. The van der Waals surface area contributed by atoms with Crippen LogP contribution in [0.25, 0.3) is 66.7 Å². The molecule has 3 aromatic heterocycles. The van der Waals surface area contributed by atoms with Crippen LogP contribution in [0.1, 0.15) is 64.5 Å². The fourth-order valence-corrected chi connectivity index (χ4v) is 10.7. The molecule has 307 valence electrons. The predicted molar refractivity (Wildman–Crippen MR) is 252 cm³/mol. The molecule has 9 rings (SSSR count). The van der Waals surface area contributed by atoms with Gasteiger partial charge in [0.25, 0.3) is 0 Å². The molecule has 5 heteroatoms. The number of para-hydroxylation sites is 1. The van der Waals surface area contributed by atoms with Crippen molar-refractivity contribution in [2.45, 2.75) is 84.9 Å². The Labute approximate surface area is 372 Å². The van der Waals surface area contributed by atoms with Crippen molar-refractivity contribution < 1.29 is 24.5 Å². The Kier molecular flexibility index (Phi) is 13.2. The van der Waals surface area contributed by atoms with E-state index in [4.69, 9.17) is 9.40 Å². The summed E-state index contributed by atoms with van der Waals surface area (Å²) in [5.74, 6) is 1.38. The molecule has 5 aromatic carbocycles. The minimum atomic E-state index is -1.34. The summed E-state index contributed by atoms with van der Waals surface area (Å²) in [5, 5.41) is 3.70. The van der Waals surface area contributed by atoms with Crippen LogP contribution in [0.2, 0.25) is 19.6 Å². The monoisotopic (exact) mass is 981 g/mol. The average Bonchev–Trinajstić information content (AvgIpc) is 3.94. The van der Waals surface area contributed by atoms with E-state index >= 15 is 0 Å². The van der Waals surface area contributed by atoms with E-state index < -0.39 is 8.07 Å². The summed E-state index contributed by atoms with van der Waals surface area (Å²) >= 11 is 0. The second-order valence-electron chi connectivity index (χ2n) is 18.3. The summed E-state index contributed by atoms with van der Waals surface area (Å²) in [5.41, 5.74) is 13.3. The molecule has 1 aliphatic rings. The Hall–Kier alpha value is -4.93. The van der Waals surface area contributed by atoms with Crippen molar-refractivity contribution in [1.82, 2.24) is 9.97 Å². The molecule has 0 unspecified atom stereocenters. The first-order valence-electron chi connectivity index (χ1n) is 21.4. The summed E-state index contributed by atoms with van der Waals surface area (Å²) in [6.07, 6.45) is 10.5. The van der Waals surface area contributed by atoms with E-state index in [2.05, 4.69) is 174 Å². The van der Waals surface area contributed by atoms with Crippen LogP contribution in [0, 0.1) is 24.0 Å². The van der Waals surface area contributed by atoms with Gasteiger partial charge in [0.05, 0.1) is 13.7 Å². The van der Waals surface area contributed by atoms with Crippen LogP contribution < -0.4 is 5.19 Å². The molecule has 3 nitrogen and oxygen atoms in total. The second-order valence-corrected chi connectivity index (χ2v) is 23.3. The Balaban J connectivity index is 0.000000220. The van der Waals surface area contributed by atoms with Crippen molar-refractivity contribution in [3.05, 3.63) is 163 Å². The molecule has 0 atom stereocenters. The summed E-state index contributed by atoms with van der Waals surface area (Å²) in [6.45, 7) is 16.5. The molecule has 0 spiro atoms. The third-order valence-electron chi connectivity index (χ3n) is 12.3. The van der Waals surface area contributed by atoms with Crippen LogP contribution in [-0.2, 0) is 31.9 Å². The third kappa shape index (κ3) is 9.05. The van der Waals surface area contributed by atoms with Gasteiger partial charge in [0.15, 0.2) is 0 Å². The van der Waals surface area contributed by atoms with Gasteiger partial charge in [-0.3, -0.25) is 0 Å². The van der Waals surface area contributed by atoms with Gasteiger partial charge in [-0.15, -0.1) is 54.1 Å². The number of hydrogen-bond donors (Lipinski definition) is 0. The third-order valence-corrected chi connectivity index (χ3v) is 14.4. The summed E-state index contributed by atoms with van der Waals surface area (Å²) < 4.78 is 6.77. The van der Waals surface area contributed by atoms with Gasteiger partial charge in [0.2, 0.25) is 0 Å². The van der Waals surface area contributed by atoms with E-state index in [0.29, 0.717) is 11.8 Å². The van der Waals surface area contributed by atoms with Gasteiger partial charge < -0.3 is 14.4 Å². The molecule has 0 saturated heterocycles. The quantitative estimate of drug-likeness (QED) is 0.107. The van der Waals surface area contributed by atoms with E-state index in [1.165, 1.54) is 53.1 Å². The van der Waals surface area contributed by atoms with Crippen LogP contribution in [-0.4, -0.2) is 18.0 Å². The largest absolute Gasteiger partial charge is 0.500 e. The van der Waals surface area contributed by atoms with Crippen molar-refractivity contribution in [2.75, 3.05) is 0 Å². The normalized spacial score (nSPS) is 13.3. The fourth-order valence-electron chi connectivity index (χ4n) is 9.09. The van der Waals surface area contributed by atoms with E-state index in [0.717, 1.165) is 62.0 Å². The molecule has 60 heavy (non-hydrogen) atoms. The number of aromatic nitrogens is 2. The molecule has 0 bridgehead atoms. The molecule has 1 saturated carbocycles. The van der Waals surface area contributed by atoms with Crippen LogP contribution in [0.4, 0.5) is 0 Å². The van der Waals surface area contributed by atoms with Gasteiger partial charge in [-0.25, -0.2) is 0 Å². The molecule has 0 aliphatic heterocycles. The maximum atomic E-state index is 6.77. The average molecular weight is 981 g/mol. The zero-order valence-electron chi connectivity index (χ0n) is 36.1. The molecule has 1 radical (unpaired) electrons. The predicted octanol–water partition coefficient (Wildman–Crippen LogP) is 14.5. The topological polar surface area (TPSA) is 38.9 Å². The van der Waals surface area contributed by atoms with Gasteiger partial charge in [-0.1, -0.05) is 162 Å². The molecular weight excluding hydrogens is 925 g/mol. The zero-order chi connectivity index (χ0) is 41.1. The van der Waals surface area contributed by atoms with Crippen LogP contribution in [0.3, 0.4) is 0 Å². The summed E-state index contributed by atoms with van der Waals surface area (Å²) in [7, 11) is -1.34. The molecule has 1 fully saturated rings. The number of fused-ring (bicyclic) bond motifs is 3. The smallest absolute Gasteiger partial charge is 0.128 e. The summed E-state index contributed by atoms with van der Waals surface area (Å²) in [6, 6.07) is 51.3. The number of pyridine rings is 2. The van der Waals surface area contributed by atoms with E-state index in [1.54, 1.807) is 0 Å². The van der Waals surface area contributed by atoms with Gasteiger partial charge in [0, 0.05) is 43.4 Å². The summed E-state index contributed by atoms with van der Waals surface area (Å²) in [4.78, 5) is 9.50. The molecule has 1 aliphatic carbocycles. The maximum Gasteiger partial charge on any atom is 0.128 e. The Morgan fingerprint density at radius 3 is 2.12 bits per heavy atom. The Bertz CT molecular complexity index is 2690. The van der Waals surface area contributed by atoms with Crippen LogP contribution >= 0.6 is 0 Å².